The van der Waals surface area contributed by atoms with Gasteiger partial charge in [-0.05, 0) is 42.5 Å². The number of benzene rings is 1. The zero-order valence-electron chi connectivity index (χ0n) is 10.2. The van der Waals surface area contributed by atoms with Crippen LogP contribution in [0.2, 0.25) is 5.02 Å². The molecule has 98 valence electrons. The Morgan fingerprint density at radius 3 is 2.67 bits per heavy atom. The molecule has 1 aliphatic carbocycles. The standard InChI is InChI=1S/C14H17ClFNO/c15-13-7-11(16)3-2-10(13)6-12(18)8-14(9-17)4-1-5-14/h2-3,7H,1,4-6,8-9,17H2. The topological polar surface area (TPSA) is 43.1 Å². The maximum atomic E-state index is 12.9. The molecule has 0 radical (unpaired) electrons. The summed E-state index contributed by atoms with van der Waals surface area (Å²) < 4.78 is 12.9. The zero-order chi connectivity index (χ0) is 13.2. The Morgan fingerprint density at radius 1 is 1.44 bits per heavy atom. The molecule has 0 aliphatic heterocycles. The highest BCUT2D eigenvalue weighted by atomic mass is 35.5. The maximum Gasteiger partial charge on any atom is 0.137 e. The molecule has 2 N–H and O–H groups in total. The molecule has 0 amide bonds. The molecule has 2 rings (SSSR count). The van der Waals surface area contributed by atoms with Gasteiger partial charge < -0.3 is 5.73 Å². The van der Waals surface area contributed by atoms with Crippen molar-refractivity contribution in [1.82, 2.24) is 0 Å². The summed E-state index contributed by atoms with van der Waals surface area (Å²) in [5, 5.41) is 0.318. The van der Waals surface area contributed by atoms with Crippen LogP contribution in [0, 0.1) is 11.2 Å². The lowest BCUT2D eigenvalue weighted by molar-refractivity contribution is -0.122. The van der Waals surface area contributed by atoms with E-state index in [4.69, 9.17) is 17.3 Å². The van der Waals surface area contributed by atoms with Crippen LogP contribution in [0.1, 0.15) is 31.2 Å². The first-order valence-electron chi connectivity index (χ1n) is 6.20. The molecule has 2 nitrogen and oxygen atoms in total. The average Bonchev–Trinajstić information content (AvgIpc) is 2.27. The Labute approximate surface area is 111 Å². The van der Waals surface area contributed by atoms with Gasteiger partial charge in [0.25, 0.3) is 0 Å². The van der Waals surface area contributed by atoms with E-state index in [1.165, 1.54) is 12.1 Å². The molecular formula is C14H17ClFNO. The minimum atomic E-state index is -0.381. The Morgan fingerprint density at radius 2 is 2.17 bits per heavy atom. The van der Waals surface area contributed by atoms with Gasteiger partial charge in [0, 0.05) is 17.9 Å². The van der Waals surface area contributed by atoms with Gasteiger partial charge in [-0.15, -0.1) is 0 Å². The predicted octanol–water partition coefficient (Wildman–Crippen LogP) is 3.11. The third-order valence-electron chi connectivity index (χ3n) is 3.82. The van der Waals surface area contributed by atoms with Gasteiger partial charge in [-0.25, -0.2) is 4.39 Å². The van der Waals surface area contributed by atoms with Crippen LogP contribution in [-0.4, -0.2) is 12.3 Å². The van der Waals surface area contributed by atoms with E-state index in [-0.39, 0.29) is 23.4 Å². The van der Waals surface area contributed by atoms with E-state index in [1.54, 1.807) is 6.07 Å². The number of hydrogen-bond donors (Lipinski definition) is 1. The molecule has 0 saturated heterocycles. The third-order valence-corrected chi connectivity index (χ3v) is 4.17. The second kappa shape index (κ2) is 5.37. The van der Waals surface area contributed by atoms with Gasteiger partial charge in [0.1, 0.15) is 11.6 Å². The maximum absolute atomic E-state index is 12.9. The van der Waals surface area contributed by atoms with E-state index in [0.717, 1.165) is 19.3 Å². The van der Waals surface area contributed by atoms with E-state index in [9.17, 15) is 9.18 Å². The molecule has 0 atom stereocenters. The molecule has 4 heteroatoms. The fourth-order valence-corrected chi connectivity index (χ4v) is 2.72. The van der Waals surface area contributed by atoms with Gasteiger partial charge >= 0.3 is 0 Å². The second-order valence-corrected chi connectivity index (χ2v) is 5.59. The monoisotopic (exact) mass is 269 g/mol. The van der Waals surface area contributed by atoms with Crippen molar-refractivity contribution in [2.75, 3.05) is 6.54 Å². The lowest BCUT2D eigenvalue weighted by Gasteiger charge is -2.40. The summed E-state index contributed by atoms with van der Waals surface area (Å²) >= 11 is 5.91. The predicted molar refractivity (Wildman–Crippen MR) is 70.1 cm³/mol. The second-order valence-electron chi connectivity index (χ2n) is 5.19. The van der Waals surface area contributed by atoms with Crippen LogP contribution >= 0.6 is 11.6 Å². The average molecular weight is 270 g/mol. The van der Waals surface area contributed by atoms with Crippen molar-refractivity contribution < 1.29 is 9.18 Å². The summed E-state index contributed by atoms with van der Waals surface area (Å²) in [4.78, 5) is 12.0. The van der Waals surface area contributed by atoms with Crippen LogP contribution in [0.3, 0.4) is 0 Å². The van der Waals surface area contributed by atoms with Crippen LogP contribution in [0.15, 0.2) is 18.2 Å². The smallest absolute Gasteiger partial charge is 0.137 e. The molecule has 0 heterocycles. The number of Topliss-reactive ketones (excluding diaryl/α,β-unsaturated/α-hetero) is 1. The number of carbonyl (C=O) groups excluding carboxylic acids is 1. The van der Waals surface area contributed by atoms with Crippen LogP contribution in [0.25, 0.3) is 0 Å². The number of ketones is 1. The van der Waals surface area contributed by atoms with Crippen molar-refractivity contribution in [2.45, 2.75) is 32.1 Å². The van der Waals surface area contributed by atoms with Crippen molar-refractivity contribution in [3.8, 4) is 0 Å². The van der Waals surface area contributed by atoms with Crippen LogP contribution in [-0.2, 0) is 11.2 Å². The van der Waals surface area contributed by atoms with Crippen molar-refractivity contribution in [3.63, 3.8) is 0 Å². The Bertz CT molecular complexity index is 452. The number of halogens is 2. The van der Waals surface area contributed by atoms with E-state index in [2.05, 4.69) is 0 Å². The highest BCUT2D eigenvalue weighted by Gasteiger charge is 2.37. The molecule has 0 unspecified atom stereocenters. The Kier molecular flexibility index (Phi) is 4.03. The number of hydrogen-bond acceptors (Lipinski definition) is 2. The van der Waals surface area contributed by atoms with Gasteiger partial charge in [-0.1, -0.05) is 24.1 Å². The van der Waals surface area contributed by atoms with Gasteiger partial charge in [0.2, 0.25) is 0 Å². The van der Waals surface area contributed by atoms with Crippen LogP contribution in [0.5, 0.6) is 0 Å². The lowest BCUT2D eigenvalue weighted by atomic mass is 9.65. The molecule has 0 bridgehead atoms. The first-order valence-corrected chi connectivity index (χ1v) is 6.58. The van der Waals surface area contributed by atoms with Gasteiger partial charge in [0.15, 0.2) is 0 Å². The SMILES string of the molecule is NCC1(CC(=O)Cc2ccc(F)cc2Cl)CCC1. The minimum absolute atomic E-state index is 0.0175. The molecule has 0 aromatic heterocycles. The lowest BCUT2D eigenvalue weighted by Crippen LogP contribution is -2.39. The highest BCUT2D eigenvalue weighted by Crippen LogP contribution is 2.43. The summed E-state index contributed by atoms with van der Waals surface area (Å²) in [6, 6.07) is 4.15. The molecule has 1 saturated carbocycles. The first-order chi connectivity index (χ1) is 8.54. The molecule has 18 heavy (non-hydrogen) atoms. The molecule has 1 aromatic carbocycles. The van der Waals surface area contributed by atoms with Crippen LogP contribution < -0.4 is 5.73 Å². The highest BCUT2D eigenvalue weighted by molar-refractivity contribution is 6.31. The number of carbonyl (C=O) groups is 1. The Balaban J connectivity index is 1.98. The molecule has 1 aromatic rings. The zero-order valence-corrected chi connectivity index (χ0v) is 11.0. The molecule has 1 fully saturated rings. The summed E-state index contributed by atoms with van der Waals surface area (Å²) in [5.41, 5.74) is 6.44. The number of nitrogens with two attached hydrogens (primary N) is 1. The summed E-state index contributed by atoms with van der Waals surface area (Å²) in [7, 11) is 0. The van der Waals surface area contributed by atoms with Crippen molar-refractivity contribution in [3.05, 3.63) is 34.6 Å². The van der Waals surface area contributed by atoms with Gasteiger partial charge in [-0.3, -0.25) is 4.79 Å². The molecular weight excluding hydrogens is 253 g/mol. The number of rotatable bonds is 5. The summed E-state index contributed by atoms with van der Waals surface area (Å²) in [5.74, 6) is -0.248. The first kappa shape index (κ1) is 13.5. The van der Waals surface area contributed by atoms with E-state index >= 15 is 0 Å². The third kappa shape index (κ3) is 2.90. The minimum Gasteiger partial charge on any atom is -0.330 e. The van der Waals surface area contributed by atoms with Gasteiger partial charge in [-0.2, -0.15) is 0 Å². The quantitative estimate of drug-likeness (QED) is 0.893. The van der Waals surface area contributed by atoms with E-state index < -0.39 is 0 Å². The Hall–Kier alpha value is -0.930. The van der Waals surface area contributed by atoms with Crippen molar-refractivity contribution in [1.29, 1.82) is 0 Å². The summed E-state index contributed by atoms with van der Waals surface area (Å²) in [6.45, 7) is 0.565. The van der Waals surface area contributed by atoms with Crippen LogP contribution in [0.4, 0.5) is 4.39 Å². The van der Waals surface area contributed by atoms with Gasteiger partial charge in [0.05, 0.1) is 0 Å². The normalized spacial score (nSPS) is 17.3. The molecule has 0 spiro atoms. The fraction of sp³-hybridized carbons (Fsp3) is 0.500. The van der Waals surface area contributed by atoms with E-state index in [0.29, 0.717) is 23.6 Å². The van der Waals surface area contributed by atoms with E-state index in [1.807, 2.05) is 0 Å². The summed E-state index contributed by atoms with van der Waals surface area (Å²) in [6.07, 6.45) is 4.00. The van der Waals surface area contributed by atoms with Crippen molar-refractivity contribution in [2.24, 2.45) is 11.1 Å². The fourth-order valence-electron chi connectivity index (χ4n) is 2.49. The largest absolute Gasteiger partial charge is 0.330 e. The molecule has 1 aliphatic rings. The van der Waals surface area contributed by atoms with Crippen molar-refractivity contribution >= 4 is 17.4 Å².